The molecule has 24 heavy (non-hydrogen) atoms. The van der Waals surface area contributed by atoms with Crippen LogP contribution in [-0.2, 0) is 4.79 Å². The van der Waals surface area contributed by atoms with Crippen molar-refractivity contribution in [3.63, 3.8) is 0 Å². The second-order valence-electron chi connectivity index (χ2n) is 4.79. The lowest BCUT2D eigenvalue weighted by Gasteiger charge is -2.10. The molecule has 0 radical (unpaired) electrons. The van der Waals surface area contributed by atoms with Crippen molar-refractivity contribution in [3.8, 4) is 5.75 Å². The van der Waals surface area contributed by atoms with Gasteiger partial charge in [0, 0.05) is 18.8 Å². The molecule has 0 saturated carbocycles. The van der Waals surface area contributed by atoms with Crippen LogP contribution in [0.3, 0.4) is 0 Å². The van der Waals surface area contributed by atoms with Crippen LogP contribution < -0.4 is 15.4 Å². The smallest absolute Gasteiger partial charge is 0.324 e. The number of rotatable bonds is 6. The number of anilines is 2. The minimum Gasteiger partial charge on any atom is -0.497 e. The maximum atomic E-state index is 12.0. The summed E-state index contributed by atoms with van der Waals surface area (Å²) in [5.41, 5.74) is 0.869. The number of aromatic nitrogens is 2. The fraction of sp³-hybridized carbons (Fsp3) is 0.286. The third-order valence-electron chi connectivity index (χ3n) is 3.22. The van der Waals surface area contributed by atoms with Crippen LogP contribution in [0.25, 0.3) is 0 Å². The Kier molecular flexibility index (Phi) is 5.16. The van der Waals surface area contributed by atoms with Crippen LogP contribution in [0.15, 0.2) is 28.6 Å². The lowest BCUT2D eigenvalue weighted by Crippen LogP contribution is -2.35. The van der Waals surface area contributed by atoms with E-state index in [1.54, 1.807) is 7.11 Å². The van der Waals surface area contributed by atoms with Crippen molar-refractivity contribution < 1.29 is 14.3 Å². The molecule has 1 saturated heterocycles. The van der Waals surface area contributed by atoms with Gasteiger partial charge in [-0.3, -0.25) is 9.69 Å². The lowest BCUT2D eigenvalue weighted by molar-refractivity contribution is -0.124. The highest BCUT2D eigenvalue weighted by molar-refractivity contribution is 8.01. The summed E-state index contributed by atoms with van der Waals surface area (Å²) < 4.78 is 5.77. The number of hydrogen-bond donors (Lipinski definition) is 2. The average molecular weight is 365 g/mol. The molecule has 126 valence electrons. The topological polar surface area (TPSA) is 96.4 Å². The molecule has 3 amide bonds. The van der Waals surface area contributed by atoms with Gasteiger partial charge in [-0.2, -0.15) is 0 Å². The number of benzene rings is 1. The zero-order valence-electron chi connectivity index (χ0n) is 12.8. The molecule has 1 aliphatic rings. The van der Waals surface area contributed by atoms with E-state index in [0.717, 1.165) is 11.4 Å². The molecule has 1 fully saturated rings. The van der Waals surface area contributed by atoms with Crippen LogP contribution >= 0.6 is 23.1 Å². The van der Waals surface area contributed by atoms with Gasteiger partial charge in [0.15, 0.2) is 4.34 Å². The van der Waals surface area contributed by atoms with E-state index in [2.05, 4.69) is 20.8 Å². The minimum atomic E-state index is -0.334. The third kappa shape index (κ3) is 3.95. The van der Waals surface area contributed by atoms with Crippen molar-refractivity contribution in [1.29, 1.82) is 0 Å². The van der Waals surface area contributed by atoms with Crippen LogP contribution in [0.5, 0.6) is 5.75 Å². The van der Waals surface area contributed by atoms with Crippen LogP contribution in [0.1, 0.15) is 0 Å². The van der Waals surface area contributed by atoms with Gasteiger partial charge in [0.2, 0.25) is 11.0 Å². The predicted octanol–water partition coefficient (Wildman–Crippen LogP) is 1.93. The van der Waals surface area contributed by atoms with Crippen molar-refractivity contribution in [2.24, 2.45) is 0 Å². The lowest BCUT2D eigenvalue weighted by atomic mass is 10.3. The molecule has 0 aliphatic carbocycles. The molecule has 0 atom stereocenters. The second-order valence-corrected chi connectivity index (χ2v) is 6.99. The van der Waals surface area contributed by atoms with Crippen molar-refractivity contribution in [2.75, 3.05) is 31.3 Å². The van der Waals surface area contributed by atoms with Crippen LogP contribution in [0.4, 0.5) is 15.6 Å². The molecule has 0 bridgehead atoms. The Morgan fingerprint density at radius 1 is 1.42 bits per heavy atom. The number of urea groups is 1. The molecule has 0 spiro atoms. The van der Waals surface area contributed by atoms with Gasteiger partial charge in [0.05, 0.1) is 12.9 Å². The molecule has 8 nitrogen and oxygen atoms in total. The third-order valence-corrected chi connectivity index (χ3v) is 5.18. The first-order chi connectivity index (χ1) is 11.7. The van der Waals surface area contributed by atoms with E-state index >= 15 is 0 Å². The average Bonchev–Trinajstić information content (AvgIpc) is 3.22. The quantitative estimate of drug-likeness (QED) is 0.755. The first-order valence-electron chi connectivity index (χ1n) is 7.11. The monoisotopic (exact) mass is 365 g/mol. The van der Waals surface area contributed by atoms with E-state index in [4.69, 9.17) is 4.74 Å². The zero-order chi connectivity index (χ0) is 16.9. The van der Waals surface area contributed by atoms with Crippen molar-refractivity contribution in [2.45, 2.75) is 4.34 Å². The first-order valence-corrected chi connectivity index (χ1v) is 8.91. The van der Waals surface area contributed by atoms with Gasteiger partial charge in [-0.15, -0.1) is 10.2 Å². The summed E-state index contributed by atoms with van der Waals surface area (Å²) in [5.74, 6) is 0.707. The van der Waals surface area contributed by atoms with Gasteiger partial charge in [-0.05, 0) is 24.3 Å². The number of imide groups is 1. The van der Waals surface area contributed by atoms with E-state index in [1.807, 2.05) is 24.3 Å². The molecular formula is C14H15N5O3S2. The summed E-state index contributed by atoms with van der Waals surface area (Å²) >= 11 is 2.62. The molecule has 1 aromatic carbocycles. The van der Waals surface area contributed by atoms with Crippen molar-refractivity contribution in [3.05, 3.63) is 24.3 Å². The Hall–Kier alpha value is -2.33. The highest BCUT2D eigenvalue weighted by Crippen LogP contribution is 2.28. The van der Waals surface area contributed by atoms with Gasteiger partial charge in [0.25, 0.3) is 0 Å². The Morgan fingerprint density at radius 2 is 2.21 bits per heavy atom. The predicted molar refractivity (Wildman–Crippen MR) is 92.0 cm³/mol. The van der Waals surface area contributed by atoms with Crippen LogP contribution in [-0.4, -0.2) is 53.0 Å². The Morgan fingerprint density at radius 3 is 2.88 bits per heavy atom. The molecule has 1 aliphatic heterocycles. The highest BCUT2D eigenvalue weighted by atomic mass is 32.2. The van der Waals surface area contributed by atoms with Gasteiger partial charge in [-0.1, -0.05) is 23.1 Å². The fourth-order valence-corrected chi connectivity index (χ4v) is 3.68. The summed E-state index contributed by atoms with van der Waals surface area (Å²) in [6, 6.07) is 7.11. The molecule has 1 aromatic heterocycles. The molecule has 10 heteroatoms. The van der Waals surface area contributed by atoms with E-state index in [9.17, 15) is 9.59 Å². The molecule has 0 unspecified atom stereocenters. The summed E-state index contributed by atoms with van der Waals surface area (Å²) in [6.07, 6.45) is 0. The maximum Gasteiger partial charge on any atom is 0.324 e. The SMILES string of the molecule is COc1ccc(Nc2nnc(SCC(=O)N3CCNC3=O)s2)cc1. The van der Waals surface area contributed by atoms with Gasteiger partial charge in [-0.25, -0.2) is 4.79 Å². The number of amides is 3. The van der Waals surface area contributed by atoms with Crippen LogP contribution in [0, 0.1) is 0 Å². The zero-order valence-corrected chi connectivity index (χ0v) is 14.4. The summed E-state index contributed by atoms with van der Waals surface area (Å²) in [7, 11) is 1.61. The van der Waals surface area contributed by atoms with Gasteiger partial charge in [0.1, 0.15) is 5.75 Å². The number of ether oxygens (including phenoxy) is 1. The Labute approximate surface area is 146 Å². The summed E-state index contributed by atoms with van der Waals surface area (Å²) in [4.78, 5) is 24.6. The normalized spacial score (nSPS) is 13.7. The van der Waals surface area contributed by atoms with Gasteiger partial charge < -0.3 is 15.4 Å². The van der Waals surface area contributed by atoms with Gasteiger partial charge >= 0.3 is 6.03 Å². The Balaban J connectivity index is 1.53. The summed E-state index contributed by atoms with van der Waals surface area (Å²) in [6.45, 7) is 0.919. The number of methoxy groups -OCH3 is 1. The van der Waals surface area contributed by atoms with E-state index in [0.29, 0.717) is 22.6 Å². The van der Waals surface area contributed by atoms with Crippen molar-refractivity contribution >= 4 is 45.9 Å². The highest BCUT2D eigenvalue weighted by Gasteiger charge is 2.26. The number of carbonyl (C=O) groups is 2. The van der Waals surface area contributed by atoms with E-state index in [1.165, 1.54) is 28.0 Å². The largest absolute Gasteiger partial charge is 0.497 e. The van der Waals surface area contributed by atoms with Crippen molar-refractivity contribution in [1.82, 2.24) is 20.4 Å². The molecule has 2 aromatic rings. The first kappa shape index (κ1) is 16.5. The molecule has 3 rings (SSSR count). The molecule has 2 heterocycles. The molecular weight excluding hydrogens is 350 g/mol. The van der Waals surface area contributed by atoms with E-state index in [-0.39, 0.29) is 17.7 Å². The number of nitrogens with one attached hydrogen (secondary N) is 2. The number of carbonyl (C=O) groups excluding carboxylic acids is 2. The van der Waals surface area contributed by atoms with Crippen LogP contribution in [0.2, 0.25) is 0 Å². The standard InChI is InChI=1S/C14H15N5O3S2/c1-22-10-4-2-9(3-5-10)16-12-17-18-14(24-12)23-8-11(20)19-7-6-15-13(19)21/h2-5H,6-8H2,1H3,(H,15,21)(H,16,17). The van der Waals surface area contributed by atoms with E-state index < -0.39 is 0 Å². The summed E-state index contributed by atoms with van der Waals surface area (Å²) in [5, 5.41) is 14.5. The maximum absolute atomic E-state index is 12.0. The number of thioether (sulfide) groups is 1. The minimum absolute atomic E-state index is 0.157. The number of hydrogen-bond acceptors (Lipinski definition) is 8. The number of nitrogens with zero attached hydrogens (tertiary/aromatic N) is 3. The fourth-order valence-electron chi connectivity index (χ4n) is 2.03. The molecule has 2 N–H and O–H groups in total. The Bertz CT molecular complexity index is 734. The second kappa shape index (κ2) is 7.49.